The summed E-state index contributed by atoms with van der Waals surface area (Å²) in [6.45, 7) is 19.8. The van der Waals surface area contributed by atoms with Crippen molar-refractivity contribution in [2.24, 2.45) is 5.92 Å². The number of amides is 3. The maximum absolute atomic E-state index is 14.3. The van der Waals surface area contributed by atoms with E-state index in [1.165, 1.54) is 0 Å². The van der Waals surface area contributed by atoms with E-state index >= 15 is 0 Å². The summed E-state index contributed by atoms with van der Waals surface area (Å²) in [6, 6.07) is 3.99. The third kappa shape index (κ3) is 8.82. The molecule has 0 aromatic heterocycles. The van der Waals surface area contributed by atoms with Crippen molar-refractivity contribution in [2.45, 2.75) is 119 Å². The predicted octanol–water partition coefficient (Wildman–Crippen LogP) is 5.83. The molecule has 0 saturated carbocycles. The van der Waals surface area contributed by atoms with Crippen LogP contribution in [0, 0.1) is 19.8 Å². The minimum atomic E-state index is -0.824. The first-order valence-electron chi connectivity index (χ1n) is 13.4. The van der Waals surface area contributed by atoms with E-state index in [1.807, 2.05) is 59.7 Å². The minimum absolute atomic E-state index is 0.154. The molecule has 0 bridgehead atoms. The van der Waals surface area contributed by atoms with Crippen LogP contribution in [-0.2, 0) is 14.3 Å². The lowest BCUT2D eigenvalue weighted by Crippen LogP contribution is -2.57. The van der Waals surface area contributed by atoms with Crippen molar-refractivity contribution in [2.75, 3.05) is 6.54 Å². The molecule has 1 rings (SSSR count). The first kappa shape index (κ1) is 31.5. The summed E-state index contributed by atoms with van der Waals surface area (Å²) >= 11 is 0. The van der Waals surface area contributed by atoms with Gasteiger partial charge in [0.15, 0.2) is 0 Å². The second-order valence-corrected chi connectivity index (χ2v) is 10.8. The number of benzene rings is 1. The number of aryl methyl sites for hydroxylation is 1. The van der Waals surface area contributed by atoms with Gasteiger partial charge in [-0.25, -0.2) is 4.79 Å². The van der Waals surface area contributed by atoms with Gasteiger partial charge in [0.1, 0.15) is 17.7 Å². The van der Waals surface area contributed by atoms with Crippen LogP contribution in [0.2, 0.25) is 0 Å². The fourth-order valence-electron chi connectivity index (χ4n) is 4.05. The Balaban J connectivity index is 3.60. The van der Waals surface area contributed by atoms with Crippen LogP contribution in [0.1, 0.15) is 104 Å². The Morgan fingerprint density at radius 2 is 1.67 bits per heavy atom. The molecule has 36 heavy (non-hydrogen) atoms. The number of carbonyl (C=O) groups is 3. The standard InChI is InChI=1S/C29H49N3O4/c1-11-14-18-30-26(33)25(23-17-15-16-20(5)22(23)7)32(21(6)13-3)27(34)24(19(4)12-2)31-28(35)36-29(8,9)10/h15-17,19,21,24-25H,11-14,18H2,1-10H3,(H,30,33)(H,31,35). The van der Waals surface area contributed by atoms with Crippen molar-refractivity contribution in [3.63, 3.8) is 0 Å². The third-order valence-electron chi connectivity index (χ3n) is 6.77. The molecule has 7 heteroatoms. The van der Waals surface area contributed by atoms with Gasteiger partial charge in [-0.05, 0) is 77.0 Å². The Bertz CT molecular complexity index is 878. The number of nitrogens with zero attached hydrogens (tertiary/aromatic N) is 1. The van der Waals surface area contributed by atoms with Crippen LogP contribution in [0.4, 0.5) is 4.79 Å². The Kier molecular flexibility index (Phi) is 12.4. The highest BCUT2D eigenvalue weighted by molar-refractivity contribution is 5.92. The predicted molar refractivity (Wildman–Crippen MR) is 146 cm³/mol. The van der Waals surface area contributed by atoms with E-state index in [0.29, 0.717) is 19.4 Å². The van der Waals surface area contributed by atoms with Crippen molar-refractivity contribution in [3.05, 3.63) is 34.9 Å². The normalized spacial score (nSPS) is 14.8. The monoisotopic (exact) mass is 503 g/mol. The summed E-state index contributed by atoms with van der Waals surface area (Å²) in [6.07, 6.45) is 2.52. The summed E-state index contributed by atoms with van der Waals surface area (Å²) in [5.74, 6) is -0.633. The van der Waals surface area contributed by atoms with Crippen LogP contribution in [0.15, 0.2) is 18.2 Å². The average Bonchev–Trinajstić information content (AvgIpc) is 2.80. The van der Waals surface area contributed by atoms with Crippen LogP contribution >= 0.6 is 0 Å². The van der Waals surface area contributed by atoms with Crippen LogP contribution in [0.25, 0.3) is 0 Å². The number of rotatable bonds is 12. The average molecular weight is 504 g/mol. The Hall–Kier alpha value is -2.57. The van der Waals surface area contributed by atoms with Crippen LogP contribution in [-0.4, -0.2) is 47.0 Å². The fraction of sp³-hybridized carbons (Fsp3) is 0.690. The second kappa shape index (κ2) is 14.2. The molecule has 0 aliphatic rings. The van der Waals surface area contributed by atoms with Gasteiger partial charge >= 0.3 is 6.09 Å². The first-order valence-corrected chi connectivity index (χ1v) is 13.4. The molecular weight excluding hydrogens is 454 g/mol. The van der Waals surface area contributed by atoms with E-state index in [1.54, 1.807) is 25.7 Å². The largest absolute Gasteiger partial charge is 0.444 e. The molecule has 7 nitrogen and oxygen atoms in total. The topological polar surface area (TPSA) is 87.7 Å². The Morgan fingerprint density at radius 3 is 2.19 bits per heavy atom. The molecule has 0 aliphatic carbocycles. The number of carbonyl (C=O) groups excluding carboxylic acids is 3. The maximum Gasteiger partial charge on any atom is 0.408 e. The molecule has 0 heterocycles. The summed E-state index contributed by atoms with van der Waals surface area (Å²) in [5.41, 5.74) is 2.15. The van der Waals surface area contributed by atoms with Gasteiger partial charge in [-0.1, -0.05) is 58.7 Å². The summed E-state index contributed by atoms with van der Waals surface area (Å²) in [7, 11) is 0. The summed E-state index contributed by atoms with van der Waals surface area (Å²) < 4.78 is 5.47. The molecule has 4 atom stereocenters. The zero-order valence-electron chi connectivity index (χ0n) is 24.2. The highest BCUT2D eigenvalue weighted by Gasteiger charge is 2.40. The minimum Gasteiger partial charge on any atom is -0.444 e. The van der Waals surface area contributed by atoms with Crippen molar-refractivity contribution < 1.29 is 19.1 Å². The van der Waals surface area contributed by atoms with E-state index in [4.69, 9.17) is 4.74 Å². The maximum atomic E-state index is 14.3. The van der Waals surface area contributed by atoms with Gasteiger partial charge in [0, 0.05) is 12.6 Å². The molecule has 0 aliphatic heterocycles. The molecule has 1 aromatic carbocycles. The lowest BCUT2D eigenvalue weighted by molar-refractivity contribution is -0.146. The van der Waals surface area contributed by atoms with Crippen molar-refractivity contribution >= 4 is 17.9 Å². The van der Waals surface area contributed by atoms with E-state index in [2.05, 4.69) is 17.6 Å². The van der Waals surface area contributed by atoms with Crippen molar-refractivity contribution in [1.82, 2.24) is 15.5 Å². The number of ether oxygens (including phenoxy) is 1. The van der Waals surface area contributed by atoms with Gasteiger partial charge in [0.2, 0.25) is 11.8 Å². The first-order chi connectivity index (χ1) is 16.8. The zero-order chi connectivity index (χ0) is 27.6. The Labute approximate surface area is 218 Å². The molecule has 0 saturated heterocycles. The molecule has 0 fully saturated rings. The Morgan fingerprint density at radius 1 is 1.03 bits per heavy atom. The molecule has 204 valence electrons. The fourth-order valence-corrected chi connectivity index (χ4v) is 4.05. The van der Waals surface area contributed by atoms with Crippen LogP contribution in [0.5, 0.6) is 0 Å². The molecule has 1 aromatic rings. The number of nitrogens with one attached hydrogen (secondary N) is 2. The lowest BCUT2D eigenvalue weighted by atomic mass is 9.91. The van der Waals surface area contributed by atoms with E-state index in [9.17, 15) is 14.4 Å². The van der Waals surface area contributed by atoms with Gasteiger partial charge in [-0.15, -0.1) is 0 Å². The number of hydrogen-bond acceptors (Lipinski definition) is 4. The second-order valence-electron chi connectivity index (χ2n) is 10.8. The molecule has 3 amide bonds. The van der Waals surface area contributed by atoms with Crippen LogP contribution in [0.3, 0.4) is 0 Å². The zero-order valence-corrected chi connectivity index (χ0v) is 24.2. The van der Waals surface area contributed by atoms with Gasteiger partial charge in [-0.3, -0.25) is 9.59 Å². The number of alkyl carbamates (subject to hydrolysis) is 1. The molecule has 0 spiro atoms. The molecule has 2 N–H and O–H groups in total. The van der Waals surface area contributed by atoms with Crippen molar-refractivity contribution in [1.29, 1.82) is 0 Å². The summed E-state index contributed by atoms with van der Waals surface area (Å²) in [5, 5.41) is 5.88. The SMILES string of the molecule is CCCCNC(=O)C(c1cccc(C)c1C)N(C(=O)C(NC(=O)OC(C)(C)C)C(C)CC)C(C)CC. The summed E-state index contributed by atoms with van der Waals surface area (Å²) in [4.78, 5) is 42.4. The van der Waals surface area contributed by atoms with E-state index in [-0.39, 0.29) is 23.8 Å². The van der Waals surface area contributed by atoms with Gasteiger partial charge in [-0.2, -0.15) is 0 Å². The third-order valence-corrected chi connectivity index (χ3v) is 6.77. The van der Waals surface area contributed by atoms with Crippen LogP contribution < -0.4 is 10.6 Å². The van der Waals surface area contributed by atoms with Gasteiger partial charge < -0.3 is 20.3 Å². The number of unbranched alkanes of at least 4 members (excludes halogenated alkanes) is 1. The molecule has 4 unspecified atom stereocenters. The van der Waals surface area contributed by atoms with E-state index < -0.39 is 23.8 Å². The van der Waals surface area contributed by atoms with E-state index in [0.717, 1.165) is 29.5 Å². The number of hydrogen-bond donors (Lipinski definition) is 2. The van der Waals surface area contributed by atoms with Gasteiger partial charge in [0.05, 0.1) is 0 Å². The molecule has 0 radical (unpaired) electrons. The smallest absolute Gasteiger partial charge is 0.408 e. The highest BCUT2D eigenvalue weighted by Crippen LogP contribution is 2.30. The molecular formula is C29H49N3O4. The lowest BCUT2D eigenvalue weighted by Gasteiger charge is -2.40. The highest BCUT2D eigenvalue weighted by atomic mass is 16.6. The quantitative estimate of drug-likeness (QED) is 0.352. The van der Waals surface area contributed by atoms with Gasteiger partial charge in [0.25, 0.3) is 0 Å². The van der Waals surface area contributed by atoms with Crippen molar-refractivity contribution in [3.8, 4) is 0 Å².